The molecule has 0 atom stereocenters. The third-order valence-electron chi connectivity index (χ3n) is 3.85. The van der Waals surface area contributed by atoms with Crippen molar-refractivity contribution in [3.05, 3.63) is 52.2 Å². The predicted octanol–water partition coefficient (Wildman–Crippen LogP) is 3.91. The fourth-order valence-electron chi connectivity index (χ4n) is 1.95. The molecule has 0 spiro atoms. The molecule has 2 rings (SSSR count). The van der Waals surface area contributed by atoms with Crippen molar-refractivity contribution >= 4 is 21.4 Å². The van der Waals surface area contributed by atoms with Crippen LogP contribution >= 0.6 is 11.3 Å². The zero-order valence-corrected chi connectivity index (χ0v) is 14.2. The van der Waals surface area contributed by atoms with Crippen LogP contribution in [0.25, 0.3) is 0 Å². The molecule has 0 bridgehead atoms. The van der Waals surface area contributed by atoms with Gasteiger partial charge >= 0.3 is 0 Å². The molecule has 5 heteroatoms. The lowest BCUT2D eigenvalue weighted by atomic mass is 9.82. The first kappa shape index (κ1) is 16.2. The number of benzene rings is 1. The fraction of sp³-hybridized carbons (Fsp3) is 0.375. The normalized spacial score (nSPS) is 12.5. The minimum absolute atomic E-state index is 0.0622. The van der Waals surface area contributed by atoms with Gasteiger partial charge in [0.05, 0.1) is 4.90 Å². The first-order chi connectivity index (χ1) is 9.85. The summed E-state index contributed by atoms with van der Waals surface area (Å²) in [6.07, 6.45) is 1.01. The van der Waals surface area contributed by atoms with Crippen LogP contribution in [0.4, 0.5) is 0 Å². The maximum Gasteiger partial charge on any atom is 0.240 e. The highest BCUT2D eigenvalue weighted by Crippen LogP contribution is 2.27. The molecule has 0 aliphatic carbocycles. The Morgan fingerprint density at radius 1 is 1.14 bits per heavy atom. The van der Waals surface area contributed by atoms with Gasteiger partial charge in [-0.1, -0.05) is 39.0 Å². The second-order valence-electron chi connectivity index (χ2n) is 5.67. The summed E-state index contributed by atoms with van der Waals surface area (Å²) in [5, 5.41) is 1.94. The highest BCUT2D eigenvalue weighted by Gasteiger charge is 2.19. The third-order valence-corrected chi connectivity index (χ3v) is 6.14. The number of hydrogen-bond acceptors (Lipinski definition) is 3. The van der Waals surface area contributed by atoms with Gasteiger partial charge in [-0.15, -0.1) is 11.3 Å². The largest absolute Gasteiger partial charge is 0.240 e. The van der Waals surface area contributed by atoms with Crippen molar-refractivity contribution in [3.8, 4) is 0 Å². The number of nitrogens with one attached hydrogen (secondary N) is 1. The van der Waals surface area contributed by atoms with Crippen LogP contribution < -0.4 is 4.72 Å². The molecule has 1 N–H and O–H groups in total. The maximum atomic E-state index is 12.3. The molecule has 0 saturated carbocycles. The Morgan fingerprint density at radius 3 is 2.33 bits per heavy atom. The lowest BCUT2D eigenvalue weighted by Crippen LogP contribution is -2.23. The monoisotopic (exact) mass is 323 g/mol. The molecular weight excluding hydrogens is 302 g/mol. The topological polar surface area (TPSA) is 46.2 Å². The van der Waals surface area contributed by atoms with E-state index in [1.165, 1.54) is 0 Å². The standard InChI is InChI=1S/C16H21NO2S2/c1-4-16(2,3)13-7-9-15(10-8-13)21(18,19)17-12-14-6-5-11-20-14/h5-11,17H,4,12H2,1-3H3. The van der Waals surface area contributed by atoms with E-state index in [2.05, 4.69) is 25.5 Å². The van der Waals surface area contributed by atoms with Crippen molar-refractivity contribution in [3.63, 3.8) is 0 Å². The van der Waals surface area contributed by atoms with Crippen LogP contribution in [-0.4, -0.2) is 8.42 Å². The second-order valence-corrected chi connectivity index (χ2v) is 8.46. The molecule has 1 aromatic carbocycles. The summed E-state index contributed by atoms with van der Waals surface area (Å²) in [6.45, 7) is 6.78. The molecule has 0 amide bonds. The van der Waals surface area contributed by atoms with Gasteiger partial charge in [0.25, 0.3) is 0 Å². The zero-order valence-electron chi connectivity index (χ0n) is 12.6. The molecular formula is C16H21NO2S2. The van der Waals surface area contributed by atoms with E-state index in [-0.39, 0.29) is 5.41 Å². The number of rotatable bonds is 6. The van der Waals surface area contributed by atoms with Gasteiger partial charge in [-0.3, -0.25) is 0 Å². The SMILES string of the molecule is CCC(C)(C)c1ccc(S(=O)(=O)NCc2cccs2)cc1. The average Bonchev–Trinajstić information content (AvgIpc) is 2.99. The van der Waals surface area contributed by atoms with Crippen LogP contribution in [0.3, 0.4) is 0 Å². The first-order valence-corrected chi connectivity index (χ1v) is 9.34. The summed E-state index contributed by atoms with van der Waals surface area (Å²) >= 11 is 1.54. The summed E-state index contributed by atoms with van der Waals surface area (Å²) in [7, 11) is -3.45. The highest BCUT2D eigenvalue weighted by molar-refractivity contribution is 7.89. The van der Waals surface area contributed by atoms with E-state index in [1.807, 2.05) is 29.6 Å². The van der Waals surface area contributed by atoms with E-state index in [4.69, 9.17) is 0 Å². The molecule has 0 saturated heterocycles. The molecule has 2 aromatic rings. The molecule has 0 aliphatic heterocycles. The lowest BCUT2D eigenvalue weighted by molar-refractivity contribution is 0.505. The van der Waals surface area contributed by atoms with Crippen LogP contribution in [-0.2, 0) is 22.0 Å². The van der Waals surface area contributed by atoms with Gasteiger partial charge in [0.1, 0.15) is 0 Å². The molecule has 0 aliphatic rings. The Labute approximate surface area is 131 Å². The van der Waals surface area contributed by atoms with Crippen LogP contribution in [0.15, 0.2) is 46.7 Å². The fourth-order valence-corrected chi connectivity index (χ4v) is 3.69. The Kier molecular flexibility index (Phi) is 4.86. The minimum Gasteiger partial charge on any atom is -0.207 e. The van der Waals surface area contributed by atoms with Gasteiger partial charge in [0, 0.05) is 11.4 Å². The summed E-state index contributed by atoms with van der Waals surface area (Å²) < 4.78 is 27.1. The molecule has 0 fully saturated rings. The van der Waals surface area contributed by atoms with Crippen LogP contribution in [0.5, 0.6) is 0 Å². The third kappa shape index (κ3) is 3.93. The predicted molar refractivity (Wildman–Crippen MR) is 88.1 cm³/mol. The van der Waals surface area contributed by atoms with E-state index < -0.39 is 10.0 Å². The highest BCUT2D eigenvalue weighted by atomic mass is 32.2. The maximum absolute atomic E-state index is 12.3. The molecule has 1 aromatic heterocycles. The Bertz CT molecular complexity index is 672. The quantitative estimate of drug-likeness (QED) is 0.876. The van der Waals surface area contributed by atoms with Crippen LogP contribution in [0.2, 0.25) is 0 Å². The molecule has 21 heavy (non-hydrogen) atoms. The lowest BCUT2D eigenvalue weighted by Gasteiger charge is -2.23. The Morgan fingerprint density at radius 2 is 1.81 bits per heavy atom. The molecule has 3 nitrogen and oxygen atoms in total. The van der Waals surface area contributed by atoms with Crippen molar-refractivity contribution in [2.45, 2.75) is 44.0 Å². The van der Waals surface area contributed by atoms with Gasteiger partial charge in [-0.2, -0.15) is 0 Å². The van der Waals surface area contributed by atoms with E-state index in [9.17, 15) is 8.42 Å². The van der Waals surface area contributed by atoms with Crippen molar-refractivity contribution in [1.82, 2.24) is 4.72 Å². The van der Waals surface area contributed by atoms with Crippen molar-refractivity contribution in [2.75, 3.05) is 0 Å². The summed E-state index contributed by atoms with van der Waals surface area (Å²) in [5.74, 6) is 0. The molecule has 114 valence electrons. The summed E-state index contributed by atoms with van der Waals surface area (Å²) in [6, 6.07) is 11.0. The van der Waals surface area contributed by atoms with E-state index in [1.54, 1.807) is 23.5 Å². The second kappa shape index (κ2) is 6.30. The van der Waals surface area contributed by atoms with E-state index in [0.717, 1.165) is 16.9 Å². The van der Waals surface area contributed by atoms with Gasteiger partial charge in [-0.25, -0.2) is 13.1 Å². The summed E-state index contributed by atoms with van der Waals surface area (Å²) in [5.41, 5.74) is 1.22. The molecule has 0 radical (unpaired) electrons. The van der Waals surface area contributed by atoms with Gasteiger partial charge in [0.15, 0.2) is 0 Å². The molecule has 0 unspecified atom stereocenters. The van der Waals surface area contributed by atoms with Crippen LogP contribution in [0.1, 0.15) is 37.6 Å². The Balaban J connectivity index is 2.13. The number of sulfonamides is 1. The number of hydrogen-bond donors (Lipinski definition) is 1. The summed E-state index contributed by atoms with van der Waals surface area (Å²) in [4.78, 5) is 1.32. The minimum atomic E-state index is -3.45. The number of thiophene rings is 1. The van der Waals surface area contributed by atoms with E-state index in [0.29, 0.717) is 11.4 Å². The zero-order chi connectivity index (χ0) is 15.5. The smallest absolute Gasteiger partial charge is 0.207 e. The van der Waals surface area contributed by atoms with Crippen molar-refractivity contribution < 1.29 is 8.42 Å². The van der Waals surface area contributed by atoms with Gasteiger partial charge in [0.2, 0.25) is 10.0 Å². The Hall–Kier alpha value is -1.17. The van der Waals surface area contributed by atoms with Crippen LogP contribution in [0, 0.1) is 0 Å². The average molecular weight is 323 g/mol. The molecule has 1 heterocycles. The van der Waals surface area contributed by atoms with Gasteiger partial charge < -0.3 is 0 Å². The van der Waals surface area contributed by atoms with E-state index >= 15 is 0 Å². The van der Waals surface area contributed by atoms with Crippen molar-refractivity contribution in [2.24, 2.45) is 0 Å². The first-order valence-electron chi connectivity index (χ1n) is 6.98. The van der Waals surface area contributed by atoms with Gasteiger partial charge in [-0.05, 0) is 41.0 Å². The van der Waals surface area contributed by atoms with Crippen molar-refractivity contribution in [1.29, 1.82) is 0 Å².